The Morgan fingerprint density at radius 1 is 1.12 bits per heavy atom. The summed E-state index contributed by atoms with van der Waals surface area (Å²) in [6, 6.07) is 0. The minimum absolute atomic E-state index is 0.0836. The Kier molecular flexibility index (Phi) is 3.73. The molecule has 0 aromatic rings. The van der Waals surface area contributed by atoms with Crippen molar-refractivity contribution in [3.8, 4) is 0 Å². The van der Waals surface area contributed by atoms with E-state index in [4.69, 9.17) is 9.31 Å². The van der Waals surface area contributed by atoms with E-state index in [1.807, 2.05) is 0 Å². The van der Waals surface area contributed by atoms with Crippen LogP contribution in [0.5, 0.6) is 0 Å². The van der Waals surface area contributed by atoms with Gasteiger partial charge in [0.25, 0.3) is 0 Å². The molecule has 1 fully saturated rings. The molecule has 1 unspecified atom stereocenters. The quantitative estimate of drug-likeness (QED) is 0.679. The van der Waals surface area contributed by atoms with E-state index in [9.17, 15) is 4.79 Å². The molecule has 1 heterocycles. The Morgan fingerprint density at radius 3 is 2.12 bits per heavy atom. The first-order valence-corrected chi connectivity index (χ1v) is 5.93. The lowest BCUT2D eigenvalue weighted by atomic mass is 9.71. The fourth-order valence-corrected chi connectivity index (χ4v) is 1.75. The van der Waals surface area contributed by atoms with Crippen molar-refractivity contribution < 1.29 is 14.1 Å². The molecule has 1 aliphatic rings. The number of carbonyl (C=O) groups excluding carboxylic acids is 1. The Bertz CT molecular complexity index is 262. The van der Waals surface area contributed by atoms with Gasteiger partial charge in [0.05, 0.1) is 0 Å². The van der Waals surface area contributed by atoms with Crippen LogP contribution in [-0.4, -0.2) is 19.2 Å². The number of carbonyl (C=O) groups is 1. The Labute approximate surface area is 99.0 Å². The zero-order valence-electron chi connectivity index (χ0n) is 11.3. The molecular weight excluding hydrogens is 203 g/mol. The van der Waals surface area contributed by atoms with Gasteiger partial charge in [-0.15, -0.1) is 0 Å². The third kappa shape index (κ3) is 4.56. The second-order valence-electron chi connectivity index (χ2n) is 7.02. The molecule has 0 aromatic carbocycles. The van der Waals surface area contributed by atoms with E-state index in [1.165, 1.54) is 0 Å². The van der Waals surface area contributed by atoms with Gasteiger partial charge < -0.3 is 9.31 Å². The van der Waals surface area contributed by atoms with E-state index >= 15 is 0 Å². The number of hydrogen-bond acceptors (Lipinski definition) is 3. The van der Waals surface area contributed by atoms with Crippen LogP contribution in [0, 0.1) is 10.8 Å². The van der Waals surface area contributed by atoms with Crippen LogP contribution in [0.15, 0.2) is 0 Å². The first-order chi connectivity index (χ1) is 7.07. The minimum Gasteiger partial charge on any atom is -0.508 e. The molecule has 0 spiro atoms. The van der Waals surface area contributed by atoms with Gasteiger partial charge in [0.15, 0.2) is 0 Å². The summed E-state index contributed by atoms with van der Waals surface area (Å²) in [6.45, 7) is 12.6. The molecule has 1 atom stereocenters. The van der Waals surface area contributed by atoms with Gasteiger partial charge in [0.1, 0.15) is 6.10 Å². The van der Waals surface area contributed by atoms with Crippen LogP contribution in [0.3, 0.4) is 0 Å². The van der Waals surface area contributed by atoms with E-state index in [0.29, 0.717) is 6.42 Å². The summed E-state index contributed by atoms with van der Waals surface area (Å²) in [5.74, 6) is -0.204. The molecule has 0 amide bonds. The molecule has 0 bridgehead atoms. The average molecular weight is 226 g/mol. The highest BCUT2D eigenvalue weighted by atomic mass is 16.7. The average Bonchev–Trinajstić information content (AvgIpc) is 2.23. The van der Waals surface area contributed by atoms with Gasteiger partial charge in [0.2, 0.25) is 0 Å². The van der Waals surface area contributed by atoms with E-state index in [0.717, 1.165) is 6.32 Å². The van der Waals surface area contributed by atoms with Crippen molar-refractivity contribution in [2.24, 2.45) is 10.8 Å². The van der Waals surface area contributed by atoms with Gasteiger partial charge in [-0.3, -0.25) is 4.79 Å². The van der Waals surface area contributed by atoms with Gasteiger partial charge in [-0.05, 0) is 17.3 Å². The van der Waals surface area contributed by atoms with Crippen LogP contribution in [0.1, 0.15) is 48.0 Å². The molecular formula is C12H23BO3. The summed E-state index contributed by atoms with van der Waals surface area (Å²) in [6.07, 6.45) is 1.08. The van der Waals surface area contributed by atoms with Gasteiger partial charge in [0, 0.05) is 6.32 Å². The zero-order chi connectivity index (χ0) is 12.6. The molecule has 1 rings (SSSR count). The minimum atomic E-state index is -0.382. The highest BCUT2D eigenvalue weighted by Gasteiger charge is 2.43. The van der Waals surface area contributed by atoms with Crippen molar-refractivity contribution >= 4 is 13.1 Å². The lowest BCUT2D eigenvalue weighted by Gasteiger charge is -2.21. The lowest BCUT2D eigenvalue weighted by Crippen LogP contribution is -2.25. The molecule has 1 aliphatic heterocycles. The maximum Gasteiger partial charge on any atom is 0.528 e. The van der Waals surface area contributed by atoms with Crippen LogP contribution in [0.4, 0.5) is 0 Å². The van der Waals surface area contributed by atoms with Crippen molar-refractivity contribution in [3.05, 3.63) is 0 Å². The van der Waals surface area contributed by atoms with Gasteiger partial charge in [-0.2, -0.15) is 0 Å². The fraction of sp³-hybridized carbons (Fsp3) is 0.917. The summed E-state index contributed by atoms with van der Waals surface area (Å²) < 4.78 is 10.9. The maximum atomic E-state index is 11.6. The highest BCUT2D eigenvalue weighted by molar-refractivity contribution is 6.49. The van der Waals surface area contributed by atoms with Crippen molar-refractivity contribution in [1.29, 1.82) is 0 Å². The van der Waals surface area contributed by atoms with Crippen molar-refractivity contribution in [2.45, 2.75) is 60.4 Å². The van der Waals surface area contributed by atoms with Crippen LogP contribution >= 0.6 is 0 Å². The first kappa shape index (κ1) is 13.6. The Balaban J connectivity index is 2.51. The second-order valence-corrected chi connectivity index (χ2v) is 7.02. The fourth-order valence-electron chi connectivity index (χ4n) is 1.75. The zero-order valence-corrected chi connectivity index (χ0v) is 11.3. The standard InChI is InChI=1S/C12H23BO3/c1-11(2,3)7-9-10(14)16-13(15-9)8-12(4,5)6/h9H,7-8H2,1-6H3. The third-order valence-corrected chi connectivity index (χ3v) is 2.40. The predicted octanol–water partition coefficient (Wildman–Crippen LogP) is 2.90. The third-order valence-electron chi connectivity index (χ3n) is 2.40. The van der Waals surface area contributed by atoms with E-state index < -0.39 is 0 Å². The maximum absolute atomic E-state index is 11.6. The number of rotatable bonds is 2. The molecule has 1 saturated heterocycles. The van der Waals surface area contributed by atoms with Gasteiger partial charge in [-0.25, -0.2) is 0 Å². The number of hydrogen-bond donors (Lipinski definition) is 0. The van der Waals surface area contributed by atoms with Gasteiger partial charge in [-0.1, -0.05) is 41.5 Å². The highest BCUT2D eigenvalue weighted by Crippen LogP contribution is 2.30. The van der Waals surface area contributed by atoms with E-state index in [1.54, 1.807) is 0 Å². The van der Waals surface area contributed by atoms with Gasteiger partial charge >= 0.3 is 13.1 Å². The van der Waals surface area contributed by atoms with Crippen molar-refractivity contribution in [1.82, 2.24) is 0 Å². The summed E-state index contributed by atoms with van der Waals surface area (Å²) in [5.41, 5.74) is 0.196. The smallest absolute Gasteiger partial charge is 0.508 e. The molecule has 0 saturated carbocycles. The molecule has 3 nitrogen and oxygen atoms in total. The molecule has 16 heavy (non-hydrogen) atoms. The molecule has 0 N–H and O–H groups in total. The van der Waals surface area contributed by atoms with Crippen LogP contribution < -0.4 is 0 Å². The monoisotopic (exact) mass is 226 g/mol. The molecule has 0 aromatic heterocycles. The molecule has 4 heteroatoms. The topological polar surface area (TPSA) is 35.5 Å². The summed E-state index contributed by atoms with van der Waals surface area (Å²) in [7, 11) is -0.361. The lowest BCUT2D eigenvalue weighted by molar-refractivity contribution is -0.137. The summed E-state index contributed by atoms with van der Waals surface area (Å²) in [4.78, 5) is 11.6. The Morgan fingerprint density at radius 2 is 1.69 bits per heavy atom. The van der Waals surface area contributed by atoms with Crippen LogP contribution in [0.2, 0.25) is 6.32 Å². The van der Waals surface area contributed by atoms with Crippen LogP contribution in [0.25, 0.3) is 0 Å². The second kappa shape index (κ2) is 4.40. The van der Waals surface area contributed by atoms with E-state index in [-0.39, 0.29) is 30.0 Å². The van der Waals surface area contributed by atoms with E-state index in [2.05, 4.69) is 41.5 Å². The van der Waals surface area contributed by atoms with Crippen LogP contribution in [-0.2, 0) is 14.1 Å². The normalized spacial score (nSPS) is 22.5. The molecule has 92 valence electrons. The SMILES string of the molecule is CC(C)(C)CB1OC(=O)C(CC(C)(C)C)O1. The van der Waals surface area contributed by atoms with Crippen molar-refractivity contribution in [2.75, 3.05) is 0 Å². The molecule has 0 radical (unpaired) electrons. The molecule has 0 aliphatic carbocycles. The summed E-state index contributed by atoms with van der Waals surface area (Å²) >= 11 is 0. The summed E-state index contributed by atoms with van der Waals surface area (Å²) in [5, 5.41) is 0. The Hall–Kier alpha value is -0.505. The first-order valence-electron chi connectivity index (χ1n) is 5.93. The van der Waals surface area contributed by atoms with Crippen molar-refractivity contribution in [3.63, 3.8) is 0 Å². The largest absolute Gasteiger partial charge is 0.528 e. The predicted molar refractivity (Wildman–Crippen MR) is 65.1 cm³/mol.